The topological polar surface area (TPSA) is 127 Å². The molecular formula is C10H16N4O4. The molecule has 100 valence electrons. The molecule has 2 aliphatic heterocycles. The highest BCUT2D eigenvalue weighted by Crippen LogP contribution is 2.13. The van der Waals surface area contributed by atoms with E-state index in [4.69, 9.17) is 20.7 Å². The van der Waals surface area contributed by atoms with Crippen LogP contribution in [0, 0.1) is 0 Å². The molecule has 2 N–H and O–H groups in total. The van der Waals surface area contributed by atoms with Gasteiger partial charge in [0.1, 0.15) is 12.2 Å². The molecule has 0 amide bonds. The highest BCUT2D eigenvalue weighted by Gasteiger charge is 2.22. The minimum absolute atomic E-state index is 0.00231. The molecule has 0 spiro atoms. The standard InChI is InChI=1S/C5H7N3O2.C5H9NO2/c6-8-7-3-4-1-2-5(9)10-4;6-3-4-1-2-5(7)8-4/h4H,1-3H2;4H,1-3,6H2/t2*4-/m11/s1. The van der Waals surface area contributed by atoms with Gasteiger partial charge in [-0.1, -0.05) is 5.11 Å². The van der Waals surface area contributed by atoms with Crippen molar-refractivity contribution in [3.05, 3.63) is 10.4 Å². The van der Waals surface area contributed by atoms with Crippen LogP contribution in [-0.2, 0) is 19.1 Å². The van der Waals surface area contributed by atoms with Gasteiger partial charge in [-0.15, -0.1) is 0 Å². The molecule has 2 saturated heterocycles. The van der Waals surface area contributed by atoms with Gasteiger partial charge in [0.05, 0.1) is 6.54 Å². The minimum atomic E-state index is -0.196. The Kier molecular flexibility index (Phi) is 5.96. The van der Waals surface area contributed by atoms with Crippen LogP contribution in [0.1, 0.15) is 25.7 Å². The summed E-state index contributed by atoms with van der Waals surface area (Å²) in [6.07, 6.45) is 2.30. The monoisotopic (exact) mass is 256 g/mol. The van der Waals surface area contributed by atoms with Gasteiger partial charge in [0.2, 0.25) is 0 Å². The van der Waals surface area contributed by atoms with Gasteiger partial charge in [-0.05, 0) is 18.4 Å². The van der Waals surface area contributed by atoms with Gasteiger partial charge in [-0.3, -0.25) is 9.59 Å². The molecule has 0 aromatic carbocycles. The summed E-state index contributed by atoms with van der Waals surface area (Å²) in [5.74, 6) is -0.307. The highest BCUT2D eigenvalue weighted by molar-refractivity contribution is 5.71. The summed E-state index contributed by atoms with van der Waals surface area (Å²) in [6.45, 7) is 0.730. The second-order valence-corrected chi connectivity index (χ2v) is 3.95. The Morgan fingerprint density at radius 3 is 2.11 bits per heavy atom. The van der Waals surface area contributed by atoms with Crippen LogP contribution >= 0.6 is 0 Å². The molecule has 0 radical (unpaired) electrons. The van der Waals surface area contributed by atoms with Crippen LogP contribution in [0.3, 0.4) is 0 Å². The first kappa shape index (κ1) is 14.3. The van der Waals surface area contributed by atoms with Crippen molar-refractivity contribution in [1.82, 2.24) is 0 Å². The summed E-state index contributed by atoms with van der Waals surface area (Å²) in [4.78, 5) is 23.4. The van der Waals surface area contributed by atoms with Crippen molar-refractivity contribution in [3.8, 4) is 0 Å². The van der Waals surface area contributed by atoms with E-state index in [1.165, 1.54) is 0 Å². The molecule has 18 heavy (non-hydrogen) atoms. The van der Waals surface area contributed by atoms with E-state index >= 15 is 0 Å². The van der Waals surface area contributed by atoms with Crippen molar-refractivity contribution in [3.63, 3.8) is 0 Å². The van der Waals surface area contributed by atoms with Crippen LogP contribution in [0.25, 0.3) is 10.4 Å². The number of hydrogen-bond donors (Lipinski definition) is 1. The average molecular weight is 256 g/mol. The zero-order valence-electron chi connectivity index (χ0n) is 9.95. The first-order valence-electron chi connectivity index (χ1n) is 5.75. The Labute approximate surface area is 104 Å². The third kappa shape index (κ3) is 5.03. The molecule has 2 aliphatic rings. The third-order valence-corrected chi connectivity index (χ3v) is 2.55. The molecule has 2 atom stereocenters. The van der Waals surface area contributed by atoms with Gasteiger partial charge in [0.15, 0.2) is 0 Å². The van der Waals surface area contributed by atoms with Crippen LogP contribution in [0.5, 0.6) is 0 Å². The number of cyclic esters (lactones) is 2. The molecule has 8 heteroatoms. The number of rotatable bonds is 3. The Bertz CT molecular complexity index is 354. The summed E-state index contributed by atoms with van der Waals surface area (Å²) in [5, 5.41) is 3.29. The lowest BCUT2D eigenvalue weighted by Gasteiger charge is -2.01. The van der Waals surface area contributed by atoms with E-state index in [2.05, 4.69) is 10.0 Å². The predicted molar refractivity (Wildman–Crippen MR) is 61.3 cm³/mol. The summed E-state index contributed by atoms with van der Waals surface area (Å²) >= 11 is 0. The Hall–Kier alpha value is -1.79. The largest absolute Gasteiger partial charge is 0.462 e. The van der Waals surface area contributed by atoms with Gasteiger partial charge in [0.25, 0.3) is 0 Å². The number of nitrogens with zero attached hydrogens (tertiary/aromatic N) is 3. The number of carbonyl (C=O) groups excluding carboxylic acids is 2. The molecule has 0 unspecified atom stereocenters. The maximum absolute atomic E-state index is 10.5. The van der Waals surface area contributed by atoms with Gasteiger partial charge in [-0.25, -0.2) is 0 Å². The number of esters is 2. The quantitative estimate of drug-likeness (QED) is 0.343. The van der Waals surface area contributed by atoms with Crippen molar-refractivity contribution >= 4 is 11.9 Å². The number of ether oxygens (including phenoxy) is 2. The number of azide groups is 1. The van der Waals surface area contributed by atoms with E-state index in [0.29, 0.717) is 25.8 Å². The van der Waals surface area contributed by atoms with Crippen LogP contribution < -0.4 is 5.73 Å². The molecule has 0 aromatic heterocycles. The maximum Gasteiger partial charge on any atom is 0.306 e. The van der Waals surface area contributed by atoms with Crippen LogP contribution in [0.4, 0.5) is 0 Å². The lowest BCUT2D eigenvalue weighted by molar-refractivity contribution is -0.142. The van der Waals surface area contributed by atoms with Crippen molar-refractivity contribution < 1.29 is 19.1 Å². The van der Waals surface area contributed by atoms with Crippen LogP contribution in [-0.4, -0.2) is 37.2 Å². The zero-order valence-corrected chi connectivity index (χ0v) is 9.95. The lowest BCUT2D eigenvalue weighted by atomic mass is 10.2. The van der Waals surface area contributed by atoms with E-state index in [0.717, 1.165) is 6.42 Å². The van der Waals surface area contributed by atoms with Gasteiger partial charge in [-0.2, -0.15) is 0 Å². The van der Waals surface area contributed by atoms with E-state index in [1.807, 2.05) is 0 Å². The molecule has 0 bridgehead atoms. The third-order valence-electron chi connectivity index (χ3n) is 2.55. The summed E-state index contributed by atoms with van der Waals surface area (Å²) in [7, 11) is 0. The first-order valence-corrected chi connectivity index (χ1v) is 5.75. The minimum Gasteiger partial charge on any atom is -0.462 e. The van der Waals surface area contributed by atoms with E-state index < -0.39 is 0 Å². The molecule has 2 fully saturated rings. The number of carbonyl (C=O) groups is 2. The fourth-order valence-electron chi connectivity index (χ4n) is 1.59. The molecular weight excluding hydrogens is 240 g/mol. The van der Waals surface area contributed by atoms with Gasteiger partial charge in [0, 0.05) is 24.3 Å². The molecule has 2 rings (SSSR count). The van der Waals surface area contributed by atoms with Crippen molar-refractivity contribution in [2.24, 2.45) is 10.8 Å². The van der Waals surface area contributed by atoms with Gasteiger partial charge < -0.3 is 15.2 Å². The maximum atomic E-state index is 10.5. The second kappa shape index (κ2) is 7.52. The van der Waals surface area contributed by atoms with E-state index in [-0.39, 0.29) is 30.7 Å². The number of nitrogens with two attached hydrogens (primary N) is 1. The fraction of sp³-hybridized carbons (Fsp3) is 0.800. The fourth-order valence-corrected chi connectivity index (χ4v) is 1.59. The van der Waals surface area contributed by atoms with Crippen LogP contribution in [0.2, 0.25) is 0 Å². The molecule has 0 aliphatic carbocycles. The smallest absolute Gasteiger partial charge is 0.306 e. The zero-order chi connectivity index (χ0) is 13.4. The first-order chi connectivity index (χ1) is 8.65. The van der Waals surface area contributed by atoms with Gasteiger partial charge >= 0.3 is 11.9 Å². The molecule has 0 aromatic rings. The van der Waals surface area contributed by atoms with Crippen molar-refractivity contribution in [1.29, 1.82) is 0 Å². The Balaban J connectivity index is 0.000000184. The SMILES string of the molecule is NC[C@H]1CCC(=O)O1.[N-]=[N+]=NC[C@H]1CCC(=O)O1. The van der Waals surface area contributed by atoms with E-state index in [1.54, 1.807) is 0 Å². The molecule has 8 nitrogen and oxygen atoms in total. The van der Waals surface area contributed by atoms with Crippen molar-refractivity contribution in [2.45, 2.75) is 37.9 Å². The summed E-state index contributed by atoms with van der Waals surface area (Å²) < 4.78 is 9.51. The number of hydrogen-bond acceptors (Lipinski definition) is 6. The predicted octanol–water partition coefficient (Wildman–Crippen LogP) is 0.653. The Morgan fingerprint density at radius 2 is 1.78 bits per heavy atom. The average Bonchev–Trinajstić information content (AvgIpc) is 2.96. The highest BCUT2D eigenvalue weighted by atomic mass is 16.6. The van der Waals surface area contributed by atoms with E-state index in [9.17, 15) is 9.59 Å². The van der Waals surface area contributed by atoms with Crippen molar-refractivity contribution in [2.75, 3.05) is 13.1 Å². The second-order valence-electron chi connectivity index (χ2n) is 3.95. The molecule has 2 heterocycles. The Morgan fingerprint density at radius 1 is 1.22 bits per heavy atom. The lowest BCUT2D eigenvalue weighted by Crippen LogP contribution is -2.18. The normalized spacial score (nSPS) is 25.6. The molecule has 0 saturated carbocycles. The summed E-state index contributed by atoms with van der Waals surface area (Å²) in [5.41, 5.74) is 13.1. The van der Waals surface area contributed by atoms with Crippen LogP contribution in [0.15, 0.2) is 5.11 Å². The summed E-state index contributed by atoms with van der Waals surface area (Å²) in [6, 6.07) is 0.